The number of hydrogen-bond donors (Lipinski definition) is 2. The van der Waals surface area contributed by atoms with Gasteiger partial charge in [-0.15, -0.1) is 23.2 Å². The Hall–Kier alpha value is -0.230. The quantitative estimate of drug-likeness (QED) is 0.517. The molecule has 0 aromatic heterocycles. The topological polar surface area (TPSA) is 67.4 Å². The van der Waals surface area contributed by atoms with Crippen LogP contribution < -0.4 is 10.9 Å². The van der Waals surface area contributed by atoms with Crippen LogP contribution in [0.3, 0.4) is 0 Å². The number of nitrogens with zero attached hydrogens (tertiary/aromatic N) is 1. The van der Waals surface area contributed by atoms with Gasteiger partial charge in [-0.3, -0.25) is 5.01 Å². The Balaban J connectivity index is 3.69. The fourth-order valence-electron chi connectivity index (χ4n) is 0.523. The number of hydrogen-bond acceptors (Lipinski definition) is 3. The van der Waals surface area contributed by atoms with E-state index >= 15 is 0 Å². The number of amides is 2. The number of carbonyl (C=O) groups is 1. The summed E-state index contributed by atoms with van der Waals surface area (Å²) in [5.41, 5.74) is 1.46. The summed E-state index contributed by atoms with van der Waals surface area (Å²) < 4.78 is 0. The number of halogens is 2. The van der Waals surface area contributed by atoms with Crippen LogP contribution in [0.2, 0.25) is 0 Å². The lowest BCUT2D eigenvalue weighted by molar-refractivity contribution is 0.187. The van der Waals surface area contributed by atoms with Gasteiger partial charge in [-0.25, -0.2) is 4.79 Å². The lowest BCUT2D eigenvalue weighted by atomic mass is 10.6. The lowest BCUT2D eigenvalue weighted by Crippen LogP contribution is -2.47. The second kappa shape index (κ2) is 7.42. The van der Waals surface area contributed by atoms with Gasteiger partial charge in [0.1, 0.15) is 0 Å². The van der Waals surface area contributed by atoms with Crippen molar-refractivity contribution < 1.29 is 4.79 Å². The molecule has 0 radical (unpaired) electrons. The molecule has 2 N–H and O–H groups in total. The Morgan fingerprint density at radius 2 is 2.08 bits per heavy atom. The predicted octanol–water partition coefficient (Wildman–Crippen LogP) is 0.478. The van der Waals surface area contributed by atoms with E-state index in [9.17, 15) is 10.0 Å². The molecule has 2 amide bonds. The van der Waals surface area contributed by atoms with Crippen molar-refractivity contribution in [2.24, 2.45) is 0 Å². The van der Waals surface area contributed by atoms with E-state index in [0.29, 0.717) is 12.4 Å². The molecule has 0 aromatic rings. The maximum atomic E-state index is 11.0. The van der Waals surface area contributed by atoms with Crippen LogP contribution in [-0.2, 0) is 0 Å². The highest BCUT2D eigenvalue weighted by Crippen LogP contribution is 1.86. The lowest BCUT2D eigenvalue weighted by Gasteiger charge is -2.25. The number of hydrazine groups is 1. The number of alkyl halides is 2. The zero-order valence-corrected chi connectivity index (χ0v) is 7.86. The van der Waals surface area contributed by atoms with E-state index in [1.165, 1.54) is 5.59 Å². The highest BCUT2D eigenvalue weighted by atomic mass is 35.5. The standard InChI is InChI=1S/C5H10Cl2N3O2/c6-1-3-8-5(11)10(9-12)4-2-7/h9H,1-4H2,(H,8,11)/q-1. The molecule has 0 aliphatic heterocycles. The van der Waals surface area contributed by atoms with Crippen molar-refractivity contribution in [1.29, 1.82) is 0 Å². The summed E-state index contributed by atoms with van der Waals surface area (Å²) in [5.74, 6) is 0.503. The summed E-state index contributed by atoms with van der Waals surface area (Å²) in [6, 6.07) is -0.522. The SMILES string of the molecule is O=C(NCCCl)N(CCCl)N[O-]. The molecule has 0 aromatic carbocycles. The first-order chi connectivity index (χ1) is 5.76. The molecular formula is C5H10Cl2N3O2-. The molecule has 0 heterocycles. The number of nitrogens with one attached hydrogen (secondary N) is 2. The van der Waals surface area contributed by atoms with Gasteiger partial charge < -0.3 is 16.1 Å². The average molecular weight is 215 g/mol. The second-order valence-corrected chi connectivity index (χ2v) is 2.61. The molecule has 12 heavy (non-hydrogen) atoms. The van der Waals surface area contributed by atoms with Gasteiger partial charge in [-0.05, 0) is 0 Å². The number of urea groups is 1. The molecule has 0 saturated heterocycles. The van der Waals surface area contributed by atoms with E-state index in [1.54, 1.807) is 0 Å². The summed E-state index contributed by atoms with van der Waals surface area (Å²) in [4.78, 5) is 11.0. The Labute approximate surface area is 80.5 Å². The molecule has 0 aliphatic carbocycles. The minimum Gasteiger partial charge on any atom is -0.770 e. The third-order valence-electron chi connectivity index (χ3n) is 1.03. The van der Waals surface area contributed by atoms with Crippen LogP contribution in [0, 0.1) is 5.21 Å². The van der Waals surface area contributed by atoms with Crippen LogP contribution in [0.4, 0.5) is 4.79 Å². The summed E-state index contributed by atoms with van der Waals surface area (Å²) in [7, 11) is 0. The Bertz CT molecular complexity index is 136. The largest absolute Gasteiger partial charge is 0.770 e. The Morgan fingerprint density at radius 3 is 2.50 bits per heavy atom. The molecule has 0 atom stereocenters. The van der Waals surface area contributed by atoms with Gasteiger partial charge in [0, 0.05) is 18.3 Å². The molecule has 7 heteroatoms. The van der Waals surface area contributed by atoms with Crippen molar-refractivity contribution in [1.82, 2.24) is 15.9 Å². The van der Waals surface area contributed by atoms with Crippen molar-refractivity contribution in [2.75, 3.05) is 24.8 Å². The van der Waals surface area contributed by atoms with E-state index in [4.69, 9.17) is 23.2 Å². The van der Waals surface area contributed by atoms with E-state index < -0.39 is 6.03 Å². The monoisotopic (exact) mass is 214 g/mol. The zero-order chi connectivity index (χ0) is 9.40. The van der Waals surface area contributed by atoms with Gasteiger partial charge in [0.15, 0.2) is 0 Å². The summed E-state index contributed by atoms with van der Waals surface area (Å²) >= 11 is 10.6. The normalized spacial score (nSPS) is 9.58. The summed E-state index contributed by atoms with van der Waals surface area (Å²) in [6.45, 7) is 0.472. The van der Waals surface area contributed by atoms with Crippen LogP contribution in [0.15, 0.2) is 0 Å². The predicted molar refractivity (Wildman–Crippen MR) is 48.0 cm³/mol. The van der Waals surface area contributed by atoms with Crippen LogP contribution in [0.25, 0.3) is 0 Å². The van der Waals surface area contributed by atoms with Gasteiger partial charge >= 0.3 is 6.03 Å². The zero-order valence-electron chi connectivity index (χ0n) is 6.35. The molecule has 5 nitrogen and oxygen atoms in total. The minimum absolute atomic E-state index is 0.152. The van der Waals surface area contributed by atoms with E-state index in [2.05, 4.69) is 5.32 Å². The van der Waals surface area contributed by atoms with Gasteiger partial charge in [0.25, 0.3) is 0 Å². The van der Waals surface area contributed by atoms with E-state index in [1.807, 2.05) is 0 Å². The van der Waals surface area contributed by atoms with Gasteiger partial charge in [-0.1, -0.05) is 0 Å². The fourth-order valence-corrected chi connectivity index (χ4v) is 0.786. The number of rotatable bonds is 5. The van der Waals surface area contributed by atoms with Crippen molar-refractivity contribution in [3.05, 3.63) is 5.21 Å². The van der Waals surface area contributed by atoms with Gasteiger partial charge in [-0.2, -0.15) is 0 Å². The number of carbonyl (C=O) groups excluding carboxylic acids is 1. The molecule has 0 aliphatic rings. The molecule has 0 bridgehead atoms. The van der Waals surface area contributed by atoms with E-state index in [-0.39, 0.29) is 12.4 Å². The third-order valence-corrected chi connectivity index (χ3v) is 1.39. The summed E-state index contributed by atoms with van der Waals surface area (Å²) in [5, 5.41) is 13.4. The average Bonchev–Trinajstić information content (AvgIpc) is 2.10. The fraction of sp³-hybridized carbons (Fsp3) is 0.800. The van der Waals surface area contributed by atoms with Gasteiger partial charge in [0.05, 0.1) is 6.54 Å². The minimum atomic E-state index is -0.522. The maximum Gasteiger partial charge on any atom is 0.330 e. The molecular weight excluding hydrogens is 205 g/mol. The molecule has 0 unspecified atom stereocenters. The smallest absolute Gasteiger partial charge is 0.330 e. The second-order valence-electron chi connectivity index (χ2n) is 1.85. The van der Waals surface area contributed by atoms with Crippen molar-refractivity contribution in [3.63, 3.8) is 0 Å². The van der Waals surface area contributed by atoms with Gasteiger partial charge in [0.2, 0.25) is 0 Å². The maximum absolute atomic E-state index is 11.0. The molecule has 0 fully saturated rings. The van der Waals surface area contributed by atoms with E-state index in [0.717, 1.165) is 5.01 Å². The first-order valence-electron chi connectivity index (χ1n) is 3.31. The van der Waals surface area contributed by atoms with Crippen LogP contribution in [0.5, 0.6) is 0 Å². The van der Waals surface area contributed by atoms with Crippen LogP contribution in [-0.4, -0.2) is 35.9 Å². The van der Waals surface area contributed by atoms with Crippen LogP contribution >= 0.6 is 23.2 Å². The van der Waals surface area contributed by atoms with Crippen molar-refractivity contribution in [2.45, 2.75) is 0 Å². The van der Waals surface area contributed by atoms with Crippen LogP contribution in [0.1, 0.15) is 0 Å². The molecule has 0 rings (SSSR count). The first kappa shape index (κ1) is 11.8. The molecule has 0 spiro atoms. The highest BCUT2D eigenvalue weighted by Gasteiger charge is 2.06. The highest BCUT2D eigenvalue weighted by molar-refractivity contribution is 6.18. The van der Waals surface area contributed by atoms with Crippen molar-refractivity contribution in [3.8, 4) is 0 Å². The first-order valence-corrected chi connectivity index (χ1v) is 4.38. The Morgan fingerprint density at radius 1 is 1.42 bits per heavy atom. The summed E-state index contributed by atoms with van der Waals surface area (Å²) in [6.07, 6.45) is 0. The Kier molecular flexibility index (Phi) is 7.28. The van der Waals surface area contributed by atoms with Crippen molar-refractivity contribution >= 4 is 29.2 Å². The molecule has 0 saturated carbocycles. The third kappa shape index (κ3) is 4.61. The molecule has 72 valence electrons.